The Kier molecular flexibility index (Phi) is 12.8. The van der Waals surface area contributed by atoms with Gasteiger partial charge in [-0.2, -0.15) is 0 Å². The summed E-state index contributed by atoms with van der Waals surface area (Å²) in [6.45, 7) is 16.7. The van der Waals surface area contributed by atoms with Crippen molar-refractivity contribution in [1.29, 1.82) is 0 Å². The fourth-order valence-corrected chi connectivity index (χ4v) is 4.20. The van der Waals surface area contributed by atoms with Crippen molar-refractivity contribution in [3.05, 3.63) is 12.2 Å². The smallest absolute Gasteiger partial charge is 0.174 e. The Morgan fingerprint density at radius 2 is 1.46 bits per heavy atom. The van der Waals surface area contributed by atoms with Crippen molar-refractivity contribution < 1.29 is 9.47 Å². The fraction of sp³-hybridized carbons (Fsp3) is 0.909. The molecule has 0 spiro atoms. The summed E-state index contributed by atoms with van der Waals surface area (Å²) in [7, 11) is 0. The molecule has 0 bridgehead atoms. The molecule has 0 N–H and O–H groups in total. The Balaban J connectivity index is 5.35. The number of hydrogen-bond acceptors (Lipinski definition) is 2. The number of rotatable bonds is 15. The summed E-state index contributed by atoms with van der Waals surface area (Å²) < 4.78 is 12.5. The monoisotopic (exact) mass is 340 g/mol. The molecular formula is C22H44O2. The lowest BCUT2D eigenvalue weighted by molar-refractivity contribution is -0.287. The summed E-state index contributed by atoms with van der Waals surface area (Å²) in [5.41, 5.74) is -0.0622. The molecule has 0 fully saturated rings. The highest BCUT2D eigenvalue weighted by Gasteiger charge is 2.50. The molecule has 0 aliphatic rings. The second kappa shape index (κ2) is 12.9. The van der Waals surface area contributed by atoms with Crippen molar-refractivity contribution in [1.82, 2.24) is 0 Å². The second-order valence-electron chi connectivity index (χ2n) is 7.21. The van der Waals surface area contributed by atoms with E-state index in [1.165, 1.54) is 38.5 Å². The Morgan fingerprint density at radius 3 is 1.92 bits per heavy atom. The van der Waals surface area contributed by atoms with E-state index >= 15 is 0 Å². The zero-order chi connectivity index (χ0) is 18.5. The first-order chi connectivity index (χ1) is 11.5. The molecule has 0 aliphatic heterocycles. The molecule has 0 saturated heterocycles. The molecule has 2 nitrogen and oxygen atoms in total. The predicted molar refractivity (Wildman–Crippen MR) is 106 cm³/mol. The lowest BCUT2D eigenvalue weighted by Crippen LogP contribution is -2.53. The van der Waals surface area contributed by atoms with Gasteiger partial charge in [0, 0.05) is 18.6 Å². The Hall–Kier alpha value is -0.340. The molecule has 0 heterocycles. The number of allylic oxidation sites excluding steroid dienone is 1. The third-order valence-electron chi connectivity index (χ3n) is 5.43. The molecule has 2 heteroatoms. The summed E-state index contributed by atoms with van der Waals surface area (Å²) in [5.74, 6) is -0.0136. The highest BCUT2D eigenvalue weighted by atomic mass is 16.7. The van der Waals surface area contributed by atoms with Gasteiger partial charge in [-0.25, -0.2) is 0 Å². The van der Waals surface area contributed by atoms with E-state index in [1.54, 1.807) is 0 Å². The second-order valence-corrected chi connectivity index (χ2v) is 7.21. The van der Waals surface area contributed by atoms with Crippen molar-refractivity contribution >= 4 is 0 Å². The number of hydrogen-bond donors (Lipinski definition) is 0. The minimum atomic E-state index is -0.554. The highest BCUT2D eigenvalue weighted by Crippen LogP contribution is 2.49. The quantitative estimate of drug-likeness (QED) is 0.179. The largest absolute Gasteiger partial charge is 0.350 e. The van der Waals surface area contributed by atoms with Crippen molar-refractivity contribution in [2.24, 2.45) is 11.3 Å². The van der Waals surface area contributed by atoms with E-state index in [4.69, 9.17) is 9.47 Å². The first kappa shape index (κ1) is 23.7. The zero-order valence-corrected chi connectivity index (χ0v) is 17.6. The van der Waals surface area contributed by atoms with Crippen LogP contribution >= 0.6 is 0 Å². The lowest BCUT2D eigenvalue weighted by atomic mass is 9.65. The van der Waals surface area contributed by atoms with Crippen LogP contribution in [0.2, 0.25) is 0 Å². The maximum atomic E-state index is 6.23. The minimum absolute atomic E-state index is 0.0622. The van der Waals surface area contributed by atoms with Crippen LogP contribution in [0.3, 0.4) is 0 Å². The Labute approximate surface area is 152 Å². The zero-order valence-electron chi connectivity index (χ0n) is 17.6. The van der Waals surface area contributed by atoms with Crippen LogP contribution in [-0.4, -0.2) is 19.0 Å². The van der Waals surface area contributed by atoms with Gasteiger partial charge in [-0.15, -0.1) is 0 Å². The molecule has 0 aromatic heterocycles. The van der Waals surface area contributed by atoms with Gasteiger partial charge in [-0.1, -0.05) is 71.4 Å². The van der Waals surface area contributed by atoms with Gasteiger partial charge in [0.1, 0.15) is 0 Å². The van der Waals surface area contributed by atoms with Gasteiger partial charge in [-0.05, 0) is 46.5 Å². The third kappa shape index (κ3) is 6.52. The van der Waals surface area contributed by atoms with Gasteiger partial charge in [0.2, 0.25) is 0 Å². The van der Waals surface area contributed by atoms with Crippen LogP contribution in [0.1, 0.15) is 99.8 Å². The van der Waals surface area contributed by atoms with Gasteiger partial charge in [0.15, 0.2) is 5.79 Å². The molecular weight excluding hydrogens is 296 g/mol. The summed E-state index contributed by atoms with van der Waals surface area (Å²) in [6.07, 6.45) is 14.7. The minimum Gasteiger partial charge on any atom is -0.350 e. The van der Waals surface area contributed by atoms with Crippen LogP contribution < -0.4 is 0 Å². The van der Waals surface area contributed by atoms with Crippen molar-refractivity contribution in [3.63, 3.8) is 0 Å². The fourth-order valence-electron chi connectivity index (χ4n) is 4.20. The van der Waals surface area contributed by atoms with E-state index < -0.39 is 5.79 Å². The maximum Gasteiger partial charge on any atom is 0.174 e. The van der Waals surface area contributed by atoms with Gasteiger partial charge in [-0.3, -0.25) is 0 Å². The van der Waals surface area contributed by atoms with Gasteiger partial charge in [0.05, 0.1) is 0 Å². The van der Waals surface area contributed by atoms with Gasteiger partial charge >= 0.3 is 0 Å². The number of unbranched alkanes of at least 4 members (excludes halogenated alkanes) is 4. The standard InChI is InChI=1S/C22H44O2/c1-8-13-14-15-16-17-20(6)22(18-9-2,19-10-3)21(7,23-11-4)24-12-5/h9,18,20H,8,10-17,19H2,1-7H3/t20?,22-/m1/s1. The number of ether oxygens (including phenoxy) is 2. The molecule has 1 unspecified atom stereocenters. The molecule has 0 amide bonds. The third-order valence-corrected chi connectivity index (χ3v) is 5.43. The van der Waals surface area contributed by atoms with Crippen LogP contribution in [0, 0.1) is 11.3 Å². The lowest BCUT2D eigenvalue weighted by Gasteiger charge is -2.50. The van der Waals surface area contributed by atoms with Crippen LogP contribution in [-0.2, 0) is 9.47 Å². The van der Waals surface area contributed by atoms with Crippen LogP contribution in [0.15, 0.2) is 12.2 Å². The summed E-state index contributed by atoms with van der Waals surface area (Å²) >= 11 is 0. The maximum absolute atomic E-state index is 6.23. The van der Waals surface area contributed by atoms with Gasteiger partial charge in [0.25, 0.3) is 0 Å². The summed E-state index contributed by atoms with van der Waals surface area (Å²) in [4.78, 5) is 0. The van der Waals surface area contributed by atoms with Crippen LogP contribution in [0.5, 0.6) is 0 Å². The molecule has 144 valence electrons. The van der Waals surface area contributed by atoms with E-state index in [1.807, 2.05) is 0 Å². The molecule has 0 aromatic rings. The van der Waals surface area contributed by atoms with E-state index in [-0.39, 0.29) is 5.41 Å². The molecule has 0 aliphatic carbocycles. The Bertz CT molecular complexity index is 318. The molecule has 0 saturated carbocycles. The van der Waals surface area contributed by atoms with Crippen molar-refractivity contribution in [3.8, 4) is 0 Å². The highest BCUT2D eigenvalue weighted by molar-refractivity contribution is 5.08. The van der Waals surface area contributed by atoms with E-state index in [0.29, 0.717) is 19.1 Å². The molecule has 0 radical (unpaired) electrons. The first-order valence-corrected chi connectivity index (χ1v) is 10.4. The predicted octanol–water partition coefficient (Wildman–Crippen LogP) is 7.13. The SMILES string of the molecule is CC=C[C@@](CCC)(C(C)CCCCCCC)C(C)(OCC)OCC. The first-order valence-electron chi connectivity index (χ1n) is 10.4. The summed E-state index contributed by atoms with van der Waals surface area (Å²) in [5, 5.41) is 0. The van der Waals surface area contributed by atoms with Crippen LogP contribution in [0.4, 0.5) is 0 Å². The molecule has 0 rings (SSSR count). The molecule has 2 atom stereocenters. The van der Waals surface area contributed by atoms with E-state index in [2.05, 4.69) is 60.6 Å². The summed E-state index contributed by atoms with van der Waals surface area (Å²) in [6, 6.07) is 0. The average molecular weight is 341 g/mol. The van der Waals surface area contributed by atoms with E-state index in [0.717, 1.165) is 12.8 Å². The normalized spacial score (nSPS) is 16.5. The topological polar surface area (TPSA) is 18.5 Å². The Morgan fingerprint density at radius 1 is 0.875 bits per heavy atom. The molecule has 0 aromatic carbocycles. The van der Waals surface area contributed by atoms with E-state index in [9.17, 15) is 0 Å². The van der Waals surface area contributed by atoms with Crippen molar-refractivity contribution in [2.45, 2.75) is 106 Å². The van der Waals surface area contributed by atoms with Gasteiger partial charge < -0.3 is 9.47 Å². The average Bonchev–Trinajstić information content (AvgIpc) is 2.54. The van der Waals surface area contributed by atoms with Crippen molar-refractivity contribution in [2.75, 3.05) is 13.2 Å². The van der Waals surface area contributed by atoms with Crippen LogP contribution in [0.25, 0.3) is 0 Å². The molecule has 24 heavy (non-hydrogen) atoms.